The van der Waals surface area contributed by atoms with Crippen molar-refractivity contribution in [2.24, 2.45) is 11.7 Å². The lowest BCUT2D eigenvalue weighted by Gasteiger charge is -2.31. The molecular formula is C9H15F6N3. The molecule has 0 aromatic heterocycles. The van der Waals surface area contributed by atoms with Crippen molar-refractivity contribution >= 4 is 5.84 Å². The largest absolute Gasteiger partial charge is 0.401 e. The number of nitrogens with one attached hydrogen (secondary N) is 1. The van der Waals surface area contributed by atoms with E-state index in [2.05, 4.69) is 0 Å². The van der Waals surface area contributed by atoms with Crippen molar-refractivity contribution in [1.29, 1.82) is 5.41 Å². The molecule has 108 valence electrons. The average Bonchev–Trinajstić information content (AvgIpc) is 2.06. The van der Waals surface area contributed by atoms with Crippen LogP contribution < -0.4 is 5.73 Å². The molecule has 0 rings (SSSR count). The molecule has 0 bridgehead atoms. The average molecular weight is 279 g/mol. The van der Waals surface area contributed by atoms with Crippen LogP contribution in [0.3, 0.4) is 0 Å². The molecule has 9 heteroatoms. The van der Waals surface area contributed by atoms with Gasteiger partial charge in [-0.2, -0.15) is 26.3 Å². The second-order valence-electron chi connectivity index (χ2n) is 4.19. The lowest BCUT2D eigenvalue weighted by atomic mass is 10.1. The highest BCUT2D eigenvalue weighted by molar-refractivity contribution is 5.80. The van der Waals surface area contributed by atoms with Gasteiger partial charge in [0, 0.05) is 12.6 Å². The number of hydrogen-bond donors (Lipinski definition) is 2. The van der Waals surface area contributed by atoms with Gasteiger partial charge in [-0.25, -0.2) is 0 Å². The minimum absolute atomic E-state index is 0.597. The molecule has 0 spiro atoms. The maximum Gasteiger partial charge on any atom is 0.401 e. The molecule has 0 saturated carbocycles. The van der Waals surface area contributed by atoms with Gasteiger partial charge in [-0.3, -0.25) is 10.3 Å². The first kappa shape index (κ1) is 17.0. The summed E-state index contributed by atoms with van der Waals surface area (Å²) in [7, 11) is 0. The Bertz CT molecular complexity index is 283. The maximum atomic E-state index is 12.5. The number of nitrogens with two attached hydrogens (primary N) is 1. The Kier molecular flexibility index (Phi) is 5.45. The zero-order valence-corrected chi connectivity index (χ0v) is 9.86. The van der Waals surface area contributed by atoms with Crippen LogP contribution in [0.5, 0.6) is 0 Å². The third-order valence-electron chi connectivity index (χ3n) is 2.30. The zero-order valence-electron chi connectivity index (χ0n) is 9.86. The highest BCUT2D eigenvalue weighted by atomic mass is 19.4. The van der Waals surface area contributed by atoms with Gasteiger partial charge in [-0.05, 0) is 13.8 Å². The van der Waals surface area contributed by atoms with E-state index in [0.717, 1.165) is 0 Å². The Morgan fingerprint density at radius 2 is 1.61 bits per heavy atom. The summed E-state index contributed by atoms with van der Waals surface area (Å²) >= 11 is 0. The predicted molar refractivity (Wildman–Crippen MR) is 54.2 cm³/mol. The Balaban J connectivity index is 4.90. The summed E-state index contributed by atoms with van der Waals surface area (Å²) in [5.74, 6) is -3.57. The highest BCUT2D eigenvalue weighted by Crippen LogP contribution is 2.28. The van der Waals surface area contributed by atoms with Crippen LogP contribution in [0, 0.1) is 11.3 Å². The van der Waals surface area contributed by atoms with E-state index in [1.54, 1.807) is 0 Å². The van der Waals surface area contributed by atoms with E-state index < -0.39 is 43.2 Å². The van der Waals surface area contributed by atoms with Crippen molar-refractivity contribution < 1.29 is 26.3 Å². The van der Waals surface area contributed by atoms with Crippen molar-refractivity contribution in [1.82, 2.24) is 4.90 Å². The van der Waals surface area contributed by atoms with Crippen molar-refractivity contribution in [2.45, 2.75) is 32.2 Å². The molecular weight excluding hydrogens is 264 g/mol. The zero-order chi connectivity index (χ0) is 14.7. The molecule has 0 aliphatic heterocycles. The first-order chi connectivity index (χ1) is 7.84. The van der Waals surface area contributed by atoms with Gasteiger partial charge in [0.25, 0.3) is 0 Å². The highest BCUT2D eigenvalue weighted by Gasteiger charge is 2.44. The smallest absolute Gasteiger partial charge is 0.387 e. The van der Waals surface area contributed by atoms with Crippen LogP contribution in [0.4, 0.5) is 26.3 Å². The van der Waals surface area contributed by atoms with Crippen LogP contribution in [0.25, 0.3) is 0 Å². The van der Waals surface area contributed by atoms with Gasteiger partial charge in [0.15, 0.2) is 0 Å². The Labute approximate surface area is 100 Å². The van der Waals surface area contributed by atoms with Crippen LogP contribution in [0.15, 0.2) is 0 Å². The number of halogens is 6. The summed E-state index contributed by atoms with van der Waals surface area (Å²) < 4.78 is 74.1. The van der Waals surface area contributed by atoms with E-state index in [1.807, 2.05) is 0 Å². The quantitative estimate of drug-likeness (QED) is 0.461. The lowest BCUT2D eigenvalue weighted by molar-refractivity contribution is -0.177. The molecule has 3 nitrogen and oxygen atoms in total. The van der Waals surface area contributed by atoms with Crippen molar-refractivity contribution in [3.8, 4) is 0 Å². The number of amidine groups is 1. The van der Waals surface area contributed by atoms with E-state index in [4.69, 9.17) is 11.1 Å². The summed E-state index contributed by atoms with van der Waals surface area (Å²) in [4.78, 5) is 0.597. The fourth-order valence-corrected chi connectivity index (χ4v) is 1.30. The second-order valence-corrected chi connectivity index (χ2v) is 4.19. The summed E-state index contributed by atoms with van der Waals surface area (Å²) in [5.41, 5.74) is 4.79. The molecule has 1 unspecified atom stereocenters. The molecule has 3 N–H and O–H groups in total. The second kappa shape index (κ2) is 5.77. The van der Waals surface area contributed by atoms with Gasteiger partial charge in [0.2, 0.25) is 0 Å². The van der Waals surface area contributed by atoms with Crippen molar-refractivity contribution in [2.75, 3.05) is 13.1 Å². The summed E-state index contributed by atoms with van der Waals surface area (Å²) in [6, 6.07) is -0.740. The van der Waals surface area contributed by atoms with E-state index in [0.29, 0.717) is 4.90 Å². The van der Waals surface area contributed by atoms with E-state index in [9.17, 15) is 26.3 Å². The minimum atomic E-state index is -4.83. The molecule has 0 aliphatic rings. The Hall–Kier alpha value is -0.990. The van der Waals surface area contributed by atoms with Gasteiger partial charge in [-0.1, -0.05) is 0 Å². The minimum Gasteiger partial charge on any atom is -0.387 e. The fraction of sp³-hybridized carbons (Fsp3) is 0.889. The lowest BCUT2D eigenvalue weighted by Crippen LogP contribution is -2.48. The van der Waals surface area contributed by atoms with Gasteiger partial charge in [0.1, 0.15) is 11.8 Å². The maximum absolute atomic E-state index is 12.5. The number of rotatable bonds is 5. The van der Waals surface area contributed by atoms with Gasteiger partial charge < -0.3 is 5.73 Å². The molecule has 0 aliphatic carbocycles. The molecule has 0 heterocycles. The summed E-state index contributed by atoms with van der Waals surface area (Å²) in [6.07, 6.45) is -9.43. The molecule has 0 saturated heterocycles. The van der Waals surface area contributed by atoms with Gasteiger partial charge in [-0.15, -0.1) is 0 Å². The van der Waals surface area contributed by atoms with Gasteiger partial charge >= 0.3 is 12.4 Å². The standard InChI is InChI=1S/C9H15F6N3/c1-5(2)18(4-8(10,11)12)3-6(7(16)17)9(13,14)15/h5-6H,3-4H2,1-2H3,(H3,16,17). The normalized spacial score (nSPS) is 15.2. The van der Waals surface area contributed by atoms with Crippen LogP contribution in [-0.4, -0.2) is 42.2 Å². The first-order valence-corrected chi connectivity index (χ1v) is 5.06. The number of nitrogens with zero attached hydrogens (tertiary/aromatic N) is 1. The van der Waals surface area contributed by atoms with Gasteiger partial charge in [0.05, 0.1) is 6.54 Å². The van der Waals surface area contributed by atoms with Crippen LogP contribution in [-0.2, 0) is 0 Å². The van der Waals surface area contributed by atoms with E-state index >= 15 is 0 Å². The molecule has 0 aromatic rings. The molecule has 0 fully saturated rings. The number of hydrogen-bond acceptors (Lipinski definition) is 2. The van der Waals surface area contributed by atoms with E-state index in [1.165, 1.54) is 13.8 Å². The molecule has 1 atom stereocenters. The molecule has 0 aromatic carbocycles. The molecule has 0 radical (unpaired) electrons. The van der Waals surface area contributed by atoms with Crippen LogP contribution in [0.2, 0.25) is 0 Å². The number of alkyl halides is 6. The summed E-state index contributed by atoms with van der Waals surface area (Å²) in [5, 5.41) is 6.82. The van der Waals surface area contributed by atoms with Crippen LogP contribution >= 0.6 is 0 Å². The Morgan fingerprint density at radius 1 is 1.17 bits per heavy atom. The van der Waals surface area contributed by atoms with Crippen molar-refractivity contribution in [3.05, 3.63) is 0 Å². The molecule has 0 amide bonds. The third kappa shape index (κ3) is 6.08. The monoisotopic (exact) mass is 279 g/mol. The van der Waals surface area contributed by atoms with Crippen LogP contribution in [0.1, 0.15) is 13.8 Å². The van der Waals surface area contributed by atoms with Crippen molar-refractivity contribution in [3.63, 3.8) is 0 Å². The third-order valence-corrected chi connectivity index (χ3v) is 2.30. The van der Waals surface area contributed by atoms with E-state index in [-0.39, 0.29) is 0 Å². The topological polar surface area (TPSA) is 53.1 Å². The predicted octanol–water partition coefficient (Wildman–Crippen LogP) is 2.37. The fourth-order valence-electron chi connectivity index (χ4n) is 1.30. The molecule has 18 heavy (non-hydrogen) atoms. The SMILES string of the molecule is CC(C)N(CC(C(=N)N)C(F)(F)F)CC(F)(F)F. The Morgan fingerprint density at radius 3 is 1.83 bits per heavy atom. The summed E-state index contributed by atoms with van der Waals surface area (Å²) in [6.45, 7) is 0.249. The first-order valence-electron chi connectivity index (χ1n) is 5.06.